The van der Waals surface area contributed by atoms with Gasteiger partial charge in [0.2, 0.25) is 0 Å². The van der Waals surface area contributed by atoms with Crippen LogP contribution in [0.3, 0.4) is 0 Å². The number of hydrogen-bond acceptors (Lipinski definition) is 3. The van der Waals surface area contributed by atoms with Crippen molar-refractivity contribution in [1.29, 1.82) is 0 Å². The van der Waals surface area contributed by atoms with E-state index in [1.54, 1.807) is 12.3 Å². The molecule has 0 aliphatic rings. The van der Waals surface area contributed by atoms with Crippen LogP contribution in [0.1, 0.15) is 5.56 Å². The Hall–Kier alpha value is -2.46. The van der Waals surface area contributed by atoms with Gasteiger partial charge in [0.1, 0.15) is 11.3 Å². The maximum Gasteiger partial charge on any atom is 0.149 e. The molecule has 112 valence electrons. The number of anilines is 2. The molecule has 0 atom stereocenters. The average molecular weight is 295 g/mol. The molecule has 0 bridgehead atoms. The summed E-state index contributed by atoms with van der Waals surface area (Å²) in [7, 11) is 4.09. The molecular weight excluding hydrogens is 277 g/mol. The van der Waals surface area contributed by atoms with E-state index in [-0.39, 0.29) is 5.82 Å². The molecule has 0 unspecified atom stereocenters. The molecule has 0 amide bonds. The number of pyridine rings is 1. The van der Waals surface area contributed by atoms with E-state index in [0.717, 1.165) is 23.3 Å². The number of nitrogens with one attached hydrogen (secondary N) is 1. The quantitative estimate of drug-likeness (QED) is 0.782. The standard InChI is InChI=1S/C18H18FN3/c1-22(2)12-13-6-8-14(9-7-13)21-17-10-11-20-18-15(17)4-3-5-16(18)19/h3-11H,12H2,1-2H3,(H,20,21). The number of fused-ring (bicyclic) bond motifs is 1. The molecule has 1 heterocycles. The fraction of sp³-hybridized carbons (Fsp3) is 0.167. The van der Waals surface area contributed by atoms with Crippen LogP contribution in [-0.2, 0) is 6.54 Å². The van der Waals surface area contributed by atoms with Crippen molar-refractivity contribution in [3.05, 3.63) is 66.1 Å². The third-order valence-electron chi connectivity index (χ3n) is 3.45. The predicted octanol–water partition coefficient (Wildman–Crippen LogP) is 4.18. The third-order valence-corrected chi connectivity index (χ3v) is 3.45. The van der Waals surface area contributed by atoms with E-state index >= 15 is 0 Å². The molecule has 3 aromatic rings. The zero-order chi connectivity index (χ0) is 15.5. The minimum absolute atomic E-state index is 0.303. The minimum atomic E-state index is -0.303. The summed E-state index contributed by atoms with van der Waals surface area (Å²) in [5, 5.41) is 4.11. The van der Waals surface area contributed by atoms with Crippen LogP contribution in [0.4, 0.5) is 15.8 Å². The lowest BCUT2D eigenvalue weighted by Gasteiger charge is -2.12. The summed E-state index contributed by atoms with van der Waals surface area (Å²) in [6.45, 7) is 0.906. The highest BCUT2D eigenvalue weighted by Crippen LogP contribution is 2.26. The largest absolute Gasteiger partial charge is 0.355 e. The van der Waals surface area contributed by atoms with E-state index in [1.807, 2.05) is 38.4 Å². The molecule has 0 radical (unpaired) electrons. The summed E-state index contributed by atoms with van der Waals surface area (Å²) in [6, 6.07) is 15.1. The fourth-order valence-corrected chi connectivity index (χ4v) is 2.46. The van der Waals surface area contributed by atoms with E-state index < -0.39 is 0 Å². The highest BCUT2D eigenvalue weighted by Gasteiger charge is 2.06. The second-order valence-corrected chi connectivity index (χ2v) is 5.55. The van der Waals surface area contributed by atoms with E-state index in [1.165, 1.54) is 11.6 Å². The fourth-order valence-electron chi connectivity index (χ4n) is 2.46. The summed E-state index contributed by atoms with van der Waals surface area (Å²) >= 11 is 0. The van der Waals surface area contributed by atoms with Crippen molar-refractivity contribution in [1.82, 2.24) is 9.88 Å². The van der Waals surface area contributed by atoms with Gasteiger partial charge in [-0.1, -0.05) is 24.3 Å². The first kappa shape index (κ1) is 14.5. The molecule has 4 heteroatoms. The maximum atomic E-state index is 13.8. The van der Waals surface area contributed by atoms with Gasteiger partial charge in [0.25, 0.3) is 0 Å². The van der Waals surface area contributed by atoms with Crippen molar-refractivity contribution < 1.29 is 4.39 Å². The molecular formula is C18H18FN3. The van der Waals surface area contributed by atoms with Gasteiger partial charge in [0.15, 0.2) is 0 Å². The monoisotopic (exact) mass is 295 g/mol. The van der Waals surface area contributed by atoms with Crippen molar-refractivity contribution in [2.24, 2.45) is 0 Å². The lowest BCUT2D eigenvalue weighted by molar-refractivity contribution is 0.402. The molecule has 0 aliphatic heterocycles. The van der Waals surface area contributed by atoms with Crippen LogP contribution in [0, 0.1) is 5.82 Å². The van der Waals surface area contributed by atoms with Crippen molar-refractivity contribution in [3.8, 4) is 0 Å². The summed E-state index contributed by atoms with van der Waals surface area (Å²) in [4.78, 5) is 6.24. The Morgan fingerprint density at radius 3 is 2.55 bits per heavy atom. The Morgan fingerprint density at radius 2 is 1.82 bits per heavy atom. The summed E-state index contributed by atoms with van der Waals surface area (Å²) in [5.74, 6) is -0.303. The summed E-state index contributed by atoms with van der Waals surface area (Å²) in [5.41, 5.74) is 3.46. The molecule has 0 saturated carbocycles. The Bertz CT molecular complexity index is 782. The van der Waals surface area contributed by atoms with Gasteiger partial charge >= 0.3 is 0 Å². The number of benzene rings is 2. The van der Waals surface area contributed by atoms with Gasteiger partial charge in [0, 0.05) is 29.5 Å². The van der Waals surface area contributed by atoms with Crippen molar-refractivity contribution in [3.63, 3.8) is 0 Å². The lowest BCUT2D eigenvalue weighted by atomic mass is 10.1. The number of aromatic nitrogens is 1. The zero-order valence-electron chi connectivity index (χ0n) is 12.7. The Morgan fingerprint density at radius 1 is 1.05 bits per heavy atom. The Balaban J connectivity index is 1.89. The number of rotatable bonds is 4. The molecule has 3 rings (SSSR count). The first-order valence-corrected chi connectivity index (χ1v) is 7.17. The minimum Gasteiger partial charge on any atom is -0.355 e. The van der Waals surface area contributed by atoms with E-state index in [0.29, 0.717) is 5.52 Å². The number of para-hydroxylation sites is 1. The molecule has 2 aromatic carbocycles. The van der Waals surface area contributed by atoms with Crippen LogP contribution < -0.4 is 5.32 Å². The second-order valence-electron chi connectivity index (χ2n) is 5.55. The van der Waals surface area contributed by atoms with Gasteiger partial charge in [0.05, 0.1) is 0 Å². The first-order valence-electron chi connectivity index (χ1n) is 7.17. The smallest absolute Gasteiger partial charge is 0.149 e. The first-order chi connectivity index (χ1) is 10.6. The normalized spacial score (nSPS) is 11.1. The molecule has 3 nitrogen and oxygen atoms in total. The lowest BCUT2D eigenvalue weighted by Crippen LogP contribution is -2.10. The van der Waals surface area contributed by atoms with Crippen LogP contribution in [0.2, 0.25) is 0 Å². The molecule has 1 N–H and O–H groups in total. The van der Waals surface area contributed by atoms with E-state index in [9.17, 15) is 4.39 Å². The Labute approximate surface area is 129 Å². The Kier molecular flexibility index (Phi) is 4.02. The van der Waals surface area contributed by atoms with E-state index in [4.69, 9.17) is 0 Å². The van der Waals surface area contributed by atoms with Crippen LogP contribution >= 0.6 is 0 Å². The average Bonchev–Trinajstić information content (AvgIpc) is 2.50. The van der Waals surface area contributed by atoms with Crippen molar-refractivity contribution >= 4 is 22.3 Å². The van der Waals surface area contributed by atoms with Crippen LogP contribution in [0.25, 0.3) is 10.9 Å². The van der Waals surface area contributed by atoms with Gasteiger partial charge in [-0.2, -0.15) is 0 Å². The van der Waals surface area contributed by atoms with Crippen LogP contribution in [0.5, 0.6) is 0 Å². The van der Waals surface area contributed by atoms with Crippen LogP contribution in [-0.4, -0.2) is 24.0 Å². The number of halogens is 1. The second kappa shape index (κ2) is 6.12. The molecule has 0 saturated heterocycles. The van der Waals surface area contributed by atoms with Crippen LogP contribution in [0.15, 0.2) is 54.7 Å². The highest BCUT2D eigenvalue weighted by molar-refractivity contribution is 5.93. The molecule has 1 aromatic heterocycles. The van der Waals surface area contributed by atoms with Gasteiger partial charge in [-0.3, -0.25) is 4.98 Å². The number of hydrogen-bond donors (Lipinski definition) is 1. The SMILES string of the molecule is CN(C)Cc1ccc(Nc2ccnc3c(F)cccc23)cc1. The third kappa shape index (κ3) is 3.07. The predicted molar refractivity (Wildman–Crippen MR) is 88.8 cm³/mol. The van der Waals surface area contributed by atoms with Crippen molar-refractivity contribution in [2.75, 3.05) is 19.4 Å². The molecule has 0 aliphatic carbocycles. The van der Waals surface area contributed by atoms with E-state index in [2.05, 4.69) is 27.3 Å². The molecule has 22 heavy (non-hydrogen) atoms. The zero-order valence-corrected chi connectivity index (χ0v) is 12.7. The van der Waals surface area contributed by atoms with Gasteiger partial charge < -0.3 is 10.2 Å². The van der Waals surface area contributed by atoms with Gasteiger partial charge in [-0.25, -0.2) is 4.39 Å². The topological polar surface area (TPSA) is 28.2 Å². The van der Waals surface area contributed by atoms with Gasteiger partial charge in [-0.05, 0) is 43.9 Å². The number of nitrogens with zero attached hydrogens (tertiary/aromatic N) is 2. The summed E-state index contributed by atoms with van der Waals surface area (Å²) in [6.07, 6.45) is 1.62. The van der Waals surface area contributed by atoms with Gasteiger partial charge in [-0.15, -0.1) is 0 Å². The van der Waals surface area contributed by atoms with Crippen molar-refractivity contribution in [2.45, 2.75) is 6.54 Å². The highest BCUT2D eigenvalue weighted by atomic mass is 19.1. The summed E-state index contributed by atoms with van der Waals surface area (Å²) < 4.78 is 13.8. The molecule has 0 spiro atoms. The molecule has 0 fully saturated rings. The maximum absolute atomic E-state index is 13.8.